The van der Waals surface area contributed by atoms with Gasteiger partial charge in [-0.1, -0.05) is 0 Å². The van der Waals surface area contributed by atoms with Gasteiger partial charge in [0, 0.05) is 5.92 Å². The summed E-state index contributed by atoms with van der Waals surface area (Å²) in [4.78, 5) is 12.9. The summed E-state index contributed by atoms with van der Waals surface area (Å²) in [6.07, 6.45) is -6.46. The van der Waals surface area contributed by atoms with Crippen LogP contribution in [0.5, 0.6) is 0 Å². The summed E-state index contributed by atoms with van der Waals surface area (Å²) in [7, 11) is 0. The minimum atomic E-state index is -1.30. The highest BCUT2D eigenvalue weighted by Crippen LogP contribution is 2.43. The van der Waals surface area contributed by atoms with Gasteiger partial charge in [0.2, 0.25) is 0 Å². The minimum absolute atomic E-state index is 0.0233. The highest BCUT2D eigenvalue weighted by molar-refractivity contribution is 5.73. The van der Waals surface area contributed by atoms with E-state index in [9.17, 15) is 40.5 Å². The SMILES string of the molecule is O=C(O[C@@H]1CC2C(O)CC(O)CC2O[C@@H]1C1CCC(O)C(O)C1)C1CC(O)C(O)C(O)C1. The fourth-order valence-corrected chi connectivity index (χ4v) is 6.04. The molecule has 0 amide bonds. The first kappa shape index (κ1) is 24.3. The maximum Gasteiger partial charge on any atom is 0.309 e. The molecule has 11 atom stereocenters. The van der Waals surface area contributed by atoms with Gasteiger partial charge in [-0.25, -0.2) is 0 Å². The number of rotatable bonds is 3. The summed E-state index contributed by atoms with van der Waals surface area (Å²) in [6, 6.07) is 0. The van der Waals surface area contributed by atoms with Crippen molar-refractivity contribution >= 4 is 5.97 Å². The van der Waals surface area contributed by atoms with Crippen molar-refractivity contribution in [2.24, 2.45) is 17.8 Å². The van der Waals surface area contributed by atoms with E-state index in [1.807, 2.05) is 0 Å². The van der Waals surface area contributed by atoms with Crippen molar-refractivity contribution in [3.8, 4) is 0 Å². The molecule has 4 fully saturated rings. The molecule has 4 rings (SSSR count). The number of hydrogen-bond acceptors (Lipinski definition) is 10. The maximum atomic E-state index is 12.9. The Morgan fingerprint density at radius 1 is 0.719 bits per heavy atom. The van der Waals surface area contributed by atoms with Gasteiger partial charge in [0.05, 0.1) is 54.7 Å². The fraction of sp³-hybridized carbons (Fsp3) is 0.955. The normalized spacial score (nSPS) is 52.2. The quantitative estimate of drug-likeness (QED) is 0.238. The van der Waals surface area contributed by atoms with Crippen LogP contribution < -0.4 is 0 Å². The molecule has 1 heterocycles. The molecule has 3 aliphatic carbocycles. The number of hydrogen-bond donors (Lipinski definition) is 7. The van der Waals surface area contributed by atoms with Crippen molar-refractivity contribution in [2.75, 3.05) is 0 Å². The smallest absolute Gasteiger partial charge is 0.309 e. The first-order valence-corrected chi connectivity index (χ1v) is 11.8. The van der Waals surface area contributed by atoms with Gasteiger partial charge >= 0.3 is 5.97 Å². The summed E-state index contributed by atoms with van der Waals surface area (Å²) in [5.41, 5.74) is 0. The summed E-state index contributed by atoms with van der Waals surface area (Å²) in [5.74, 6) is -1.86. The molecule has 9 unspecified atom stereocenters. The molecule has 0 bridgehead atoms. The number of carbonyl (C=O) groups is 1. The van der Waals surface area contributed by atoms with Crippen LogP contribution in [0.3, 0.4) is 0 Å². The lowest BCUT2D eigenvalue weighted by molar-refractivity contribution is -0.228. The number of carbonyl (C=O) groups excluding carboxylic acids is 1. The van der Waals surface area contributed by atoms with Gasteiger partial charge in [-0.15, -0.1) is 0 Å². The topological polar surface area (TPSA) is 177 Å². The molecule has 0 aromatic carbocycles. The van der Waals surface area contributed by atoms with Crippen LogP contribution in [-0.4, -0.2) is 103 Å². The molecule has 184 valence electrons. The summed E-state index contributed by atoms with van der Waals surface area (Å²) < 4.78 is 12.1. The van der Waals surface area contributed by atoms with Gasteiger partial charge in [0.25, 0.3) is 0 Å². The van der Waals surface area contributed by atoms with E-state index < -0.39 is 72.9 Å². The standard InChI is InChI=1S/C22H36O10/c23-11-6-14(25)12-8-19(32-22(30)10-4-16(27)20(29)17(28)5-10)21(31-18(12)7-11)9-1-2-13(24)15(26)3-9/h9-21,23-29H,1-8H2/t9?,10?,11?,12?,13?,14?,15?,16?,17?,18?,19-,20?,21-/m1/s1. The van der Waals surface area contributed by atoms with E-state index in [4.69, 9.17) is 9.47 Å². The molecule has 10 nitrogen and oxygen atoms in total. The molecule has 0 aromatic heterocycles. The van der Waals surface area contributed by atoms with Crippen molar-refractivity contribution in [1.82, 2.24) is 0 Å². The average molecular weight is 461 g/mol. The monoisotopic (exact) mass is 460 g/mol. The highest BCUT2D eigenvalue weighted by atomic mass is 16.6. The first-order valence-electron chi connectivity index (χ1n) is 11.8. The number of aliphatic hydroxyl groups excluding tert-OH is 7. The summed E-state index contributed by atoms with van der Waals surface area (Å²) in [6.45, 7) is 0. The molecule has 7 N–H and O–H groups in total. The Balaban J connectivity index is 1.49. The largest absolute Gasteiger partial charge is 0.459 e. The Morgan fingerprint density at radius 2 is 1.41 bits per heavy atom. The van der Waals surface area contributed by atoms with Crippen molar-refractivity contribution in [1.29, 1.82) is 0 Å². The number of fused-ring (bicyclic) bond motifs is 1. The lowest BCUT2D eigenvalue weighted by atomic mass is 9.72. The lowest BCUT2D eigenvalue weighted by Crippen LogP contribution is -2.57. The van der Waals surface area contributed by atoms with Crippen LogP contribution in [0.4, 0.5) is 0 Å². The van der Waals surface area contributed by atoms with Crippen molar-refractivity contribution in [2.45, 2.75) is 112 Å². The maximum absolute atomic E-state index is 12.9. The van der Waals surface area contributed by atoms with E-state index >= 15 is 0 Å². The molecular weight excluding hydrogens is 424 g/mol. The predicted molar refractivity (Wildman–Crippen MR) is 108 cm³/mol. The zero-order valence-corrected chi connectivity index (χ0v) is 18.0. The molecule has 0 aromatic rings. The van der Waals surface area contributed by atoms with E-state index in [0.29, 0.717) is 25.7 Å². The van der Waals surface area contributed by atoms with E-state index in [1.54, 1.807) is 0 Å². The highest BCUT2D eigenvalue weighted by Gasteiger charge is 2.50. The van der Waals surface area contributed by atoms with Crippen molar-refractivity contribution < 1.29 is 50.0 Å². The van der Waals surface area contributed by atoms with Crippen molar-refractivity contribution in [3.63, 3.8) is 0 Å². The Morgan fingerprint density at radius 3 is 2.06 bits per heavy atom. The van der Waals surface area contributed by atoms with E-state index in [-0.39, 0.29) is 37.5 Å². The van der Waals surface area contributed by atoms with Gasteiger partial charge in [0.15, 0.2) is 0 Å². The minimum Gasteiger partial charge on any atom is -0.459 e. The van der Waals surface area contributed by atoms with Crippen LogP contribution in [0.2, 0.25) is 0 Å². The first-order chi connectivity index (χ1) is 15.1. The Kier molecular flexibility index (Phi) is 7.43. The lowest BCUT2D eigenvalue weighted by Gasteiger charge is -2.49. The Hall–Kier alpha value is -0.850. The molecule has 10 heteroatoms. The Labute approximate surface area is 186 Å². The molecule has 32 heavy (non-hydrogen) atoms. The average Bonchev–Trinajstić information content (AvgIpc) is 2.73. The van der Waals surface area contributed by atoms with E-state index in [2.05, 4.69) is 0 Å². The third-order valence-corrected chi connectivity index (χ3v) is 7.92. The molecular formula is C22H36O10. The molecule has 0 spiro atoms. The number of esters is 1. The van der Waals surface area contributed by atoms with Crippen LogP contribution in [0.25, 0.3) is 0 Å². The Bertz CT molecular complexity index is 649. The van der Waals surface area contributed by atoms with Gasteiger partial charge in [-0.3, -0.25) is 4.79 Å². The molecule has 1 saturated heterocycles. The molecule has 0 radical (unpaired) electrons. The van der Waals surface area contributed by atoms with E-state index in [1.165, 1.54) is 0 Å². The zero-order valence-electron chi connectivity index (χ0n) is 18.0. The predicted octanol–water partition coefficient (Wildman–Crippen LogP) is -1.80. The fourth-order valence-electron chi connectivity index (χ4n) is 6.04. The third kappa shape index (κ3) is 4.97. The molecule has 1 aliphatic heterocycles. The third-order valence-electron chi connectivity index (χ3n) is 7.92. The molecule has 3 saturated carbocycles. The number of ether oxygens (including phenoxy) is 2. The molecule has 4 aliphatic rings. The second kappa shape index (κ2) is 9.79. The summed E-state index contributed by atoms with van der Waals surface area (Å²) in [5, 5.41) is 70.3. The van der Waals surface area contributed by atoms with Crippen LogP contribution in [0, 0.1) is 17.8 Å². The van der Waals surface area contributed by atoms with Gasteiger partial charge in [0.1, 0.15) is 12.2 Å². The van der Waals surface area contributed by atoms with Gasteiger partial charge in [-0.2, -0.15) is 0 Å². The zero-order chi connectivity index (χ0) is 23.2. The van der Waals surface area contributed by atoms with Crippen molar-refractivity contribution in [3.05, 3.63) is 0 Å². The van der Waals surface area contributed by atoms with Crippen LogP contribution in [0.15, 0.2) is 0 Å². The van der Waals surface area contributed by atoms with Crippen LogP contribution >= 0.6 is 0 Å². The van der Waals surface area contributed by atoms with E-state index in [0.717, 1.165) is 0 Å². The van der Waals surface area contributed by atoms with Crippen LogP contribution in [0.1, 0.15) is 51.4 Å². The van der Waals surface area contributed by atoms with Crippen LogP contribution in [-0.2, 0) is 14.3 Å². The van der Waals surface area contributed by atoms with Gasteiger partial charge in [-0.05, 0) is 57.3 Å². The summed E-state index contributed by atoms with van der Waals surface area (Å²) >= 11 is 0. The second-order valence-corrected chi connectivity index (χ2v) is 10.2. The second-order valence-electron chi connectivity index (χ2n) is 10.2. The number of aliphatic hydroxyl groups is 7. The van der Waals surface area contributed by atoms with Gasteiger partial charge < -0.3 is 45.2 Å².